The Morgan fingerprint density at radius 2 is 1.84 bits per heavy atom. The molecule has 4 N–H and O–H groups in total. The number of rotatable bonds is 13. The Bertz CT molecular complexity index is 1370. The van der Waals surface area contributed by atoms with Crippen LogP contribution in [0, 0.1) is 5.41 Å². The molecular formula is C34H43N5O4. The van der Waals surface area contributed by atoms with Crippen LogP contribution in [0.4, 0.5) is 0 Å². The monoisotopic (exact) mass is 585 g/mol. The summed E-state index contributed by atoms with van der Waals surface area (Å²) in [7, 11) is 0. The normalized spacial score (nSPS) is 18.6. The van der Waals surface area contributed by atoms with Crippen LogP contribution < -0.4 is 11.1 Å². The second-order valence-corrected chi connectivity index (χ2v) is 11.6. The van der Waals surface area contributed by atoms with Crippen LogP contribution in [0.5, 0.6) is 0 Å². The summed E-state index contributed by atoms with van der Waals surface area (Å²) in [6, 6.07) is 17.7. The summed E-state index contributed by atoms with van der Waals surface area (Å²) in [4.78, 5) is 37.0. The number of hydrogen-bond acceptors (Lipinski definition) is 7. The minimum atomic E-state index is -0.886. The van der Waals surface area contributed by atoms with Crippen LogP contribution in [0.3, 0.4) is 0 Å². The molecule has 0 bridgehead atoms. The molecule has 9 heteroatoms. The number of amides is 2. The molecule has 43 heavy (non-hydrogen) atoms. The molecular weight excluding hydrogens is 542 g/mol. The molecule has 1 fully saturated rings. The van der Waals surface area contributed by atoms with E-state index < -0.39 is 29.5 Å². The molecule has 2 heterocycles. The summed E-state index contributed by atoms with van der Waals surface area (Å²) in [5.74, 6) is 0.0390. The third kappa shape index (κ3) is 8.79. The van der Waals surface area contributed by atoms with Crippen LogP contribution in [-0.4, -0.2) is 69.2 Å². The molecule has 0 saturated carbocycles. The molecule has 2 amide bonds. The molecule has 3 aromatic rings. The van der Waals surface area contributed by atoms with E-state index in [1.165, 1.54) is 0 Å². The van der Waals surface area contributed by atoms with Crippen LogP contribution in [0.2, 0.25) is 0 Å². The zero-order valence-corrected chi connectivity index (χ0v) is 25.2. The number of aliphatic hydroxyl groups is 1. The van der Waals surface area contributed by atoms with Crippen molar-refractivity contribution >= 4 is 11.8 Å². The highest BCUT2D eigenvalue weighted by Gasteiger charge is 2.37. The largest absolute Gasteiger partial charge is 0.395 e. The predicted molar refractivity (Wildman–Crippen MR) is 167 cm³/mol. The van der Waals surface area contributed by atoms with Gasteiger partial charge in [0.1, 0.15) is 6.04 Å². The van der Waals surface area contributed by atoms with Gasteiger partial charge in [0.25, 0.3) is 0 Å². The van der Waals surface area contributed by atoms with Crippen LogP contribution in [0.25, 0.3) is 11.4 Å². The molecule has 4 rings (SSSR count). The second kappa shape index (κ2) is 15.0. The van der Waals surface area contributed by atoms with Crippen molar-refractivity contribution in [3.05, 3.63) is 96.3 Å². The molecule has 2 aromatic carbocycles. The van der Waals surface area contributed by atoms with Crippen LogP contribution in [0.1, 0.15) is 44.7 Å². The third-order valence-corrected chi connectivity index (χ3v) is 7.83. The zero-order valence-electron chi connectivity index (χ0n) is 25.2. The Balaban J connectivity index is 1.47. The summed E-state index contributed by atoms with van der Waals surface area (Å²) >= 11 is 0. The van der Waals surface area contributed by atoms with Gasteiger partial charge in [-0.3, -0.25) is 9.59 Å². The van der Waals surface area contributed by atoms with Crippen LogP contribution >= 0.6 is 0 Å². The van der Waals surface area contributed by atoms with E-state index in [4.69, 9.17) is 10.5 Å². The summed E-state index contributed by atoms with van der Waals surface area (Å²) in [5.41, 5.74) is 8.22. The Kier molecular flexibility index (Phi) is 11.2. The van der Waals surface area contributed by atoms with Gasteiger partial charge in [-0.05, 0) is 56.4 Å². The first-order valence-corrected chi connectivity index (χ1v) is 14.9. The predicted octanol–water partition coefficient (Wildman–Crippen LogP) is 3.67. The molecule has 0 aliphatic carbocycles. The Hall–Kier alpha value is -3.92. The molecule has 1 aromatic heterocycles. The molecule has 9 nitrogen and oxygen atoms in total. The molecule has 1 saturated heterocycles. The SMILES string of the molecule is CC(OCc1ccccc1)[C@H](NC(=O)[C@H](C)N)C(=O)N1CCC[C@H]1/C=C/[C@](C)(CO)Cc1cccc(-c2ncccn2)c1. The fourth-order valence-electron chi connectivity index (χ4n) is 5.25. The number of carbonyl (C=O) groups is 2. The van der Waals surface area contributed by atoms with E-state index in [1.807, 2.05) is 73.7 Å². The van der Waals surface area contributed by atoms with Gasteiger partial charge in [0, 0.05) is 29.9 Å². The highest BCUT2D eigenvalue weighted by Crippen LogP contribution is 2.28. The van der Waals surface area contributed by atoms with E-state index in [2.05, 4.69) is 15.3 Å². The highest BCUT2D eigenvalue weighted by molar-refractivity contribution is 5.90. The third-order valence-electron chi connectivity index (χ3n) is 7.83. The number of likely N-dealkylation sites (tertiary alicyclic amines) is 1. The average molecular weight is 586 g/mol. The van der Waals surface area contributed by atoms with Gasteiger partial charge in [-0.25, -0.2) is 9.97 Å². The maximum Gasteiger partial charge on any atom is 0.248 e. The van der Waals surface area contributed by atoms with Crippen molar-refractivity contribution < 1.29 is 19.4 Å². The fraction of sp³-hybridized carbons (Fsp3) is 0.412. The topological polar surface area (TPSA) is 131 Å². The molecule has 0 radical (unpaired) electrons. The molecule has 1 aliphatic rings. The van der Waals surface area contributed by atoms with Crippen molar-refractivity contribution in [1.29, 1.82) is 0 Å². The lowest BCUT2D eigenvalue weighted by Gasteiger charge is -2.32. The van der Waals surface area contributed by atoms with Gasteiger partial charge in [-0.15, -0.1) is 0 Å². The Morgan fingerprint density at radius 1 is 1.12 bits per heavy atom. The van der Waals surface area contributed by atoms with Crippen LogP contribution in [-0.2, 0) is 27.4 Å². The summed E-state index contributed by atoms with van der Waals surface area (Å²) in [6.07, 6.45) is 9.11. The van der Waals surface area contributed by atoms with Gasteiger partial charge in [-0.1, -0.05) is 67.6 Å². The minimum absolute atomic E-state index is 0.0618. The van der Waals surface area contributed by atoms with E-state index in [9.17, 15) is 14.7 Å². The number of nitrogens with one attached hydrogen (secondary N) is 1. The number of carbonyl (C=O) groups excluding carboxylic acids is 2. The lowest BCUT2D eigenvalue weighted by Crippen LogP contribution is -2.57. The highest BCUT2D eigenvalue weighted by atomic mass is 16.5. The maximum absolute atomic E-state index is 13.9. The minimum Gasteiger partial charge on any atom is -0.395 e. The van der Waals surface area contributed by atoms with Crippen molar-refractivity contribution in [1.82, 2.24) is 20.2 Å². The number of aliphatic hydroxyl groups excluding tert-OH is 1. The molecule has 1 unspecified atom stereocenters. The van der Waals surface area contributed by atoms with E-state index in [0.717, 1.165) is 29.5 Å². The van der Waals surface area contributed by atoms with Gasteiger partial charge < -0.3 is 25.8 Å². The smallest absolute Gasteiger partial charge is 0.248 e. The first-order chi connectivity index (χ1) is 20.7. The molecule has 5 atom stereocenters. The quantitative estimate of drug-likeness (QED) is 0.261. The van der Waals surface area contributed by atoms with Crippen molar-refractivity contribution in [3.8, 4) is 11.4 Å². The van der Waals surface area contributed by atoms with Crippen LogP contribution in [0.15, 0.2) is 85.2 Å². The maximum atomic E-state index is 13.9. The lowest BCUT2D eigenvalue weighted by molar-refractivity contribution is -0.141. The van der Waals surface area contributed by atoms with Crippen molar-refractivity contribution in [2.24, 2.45) is 11.1 Å². The Morgan fingerprint density at radius 3 is 2.53 bits per heavy atom. The summed E-state index contributed by atoms with van der Waals surface area (Å²) < 4.78 is 6.06. The van der Waals surface area contributed by atoms with Gasteiger partial charge in [-0.2, -0.15) is 0 Å². The first kappa shape index (κ1) is 32.0. The zero-order chi connectivity index (χ0) is 30.8. The number of hydrogen-bond donors (Lipinski definition) is 3. The molecule has 228 valence electrons. The average Bonchev–Trinajstić information content (AvgIpc) is 3.51. The van der Waals surface area contributed by atoms with Gasteiger partial charge in [0.15, 0.2) is 5.82 Å². The standard InChI is InChI=1S/C34H43N5O4/c1-24(35)32(41)38-30(25(2)43-22-26-10-5-4-6-11-26)33(42)39-19-8-14-29(39)15-16-34(3,23-40)21-27-12-7-13-28(20-27)31-36-17-9-18-37-31/h4-7,9-13,15-18,20,24-25,29-30,40H,8,14,19,21-23,35H2,1-3H3,(H,38,41)/b16-15+/t24-,25?,29-,30-,34-/m0/s1. The molecule has 1 aliphatic heterocycles. The number of aromatic nitrogens is 2. The number of nitrogens with two attached hydrogens (primary N) is 1. The van der Waals surface area contributed by atoms with Gasteiger partial charge in [0.2, 0.25) is 11.8 Å². The van der Waals surface area contributed by atoms with Crippen molar-refractivity contribution in [3.63, 3.8) is 0 Å². The molecule has 0 spiro atoms. The first-order valence-electron chi connectivity index (χ1n) is 14.9. The van der Waals surface area contributed by atoms with E-state index >= 15 is 0 Å². The summed E-state index contributed by atoms with van der Waals surface area (Å²) in [5, 5.41) is 13.2. The van der Waals surface area contributed by atoms with Crippen molar-refractivity contribution in [2.45, 2.75) is 70.9 Å². The Labute approximate surface area is 254 Å². The number of benzene rings is 2. The second-order valence-electron chi connectivity index (χ2n) is 11.6. The fourth-order valence-corrected chi connectivity index (χ4v) is 5.25. The van der Waals surface area contributed by atoms with Crippen molar-refractivity contribution in [2.75, 3.05) is 13.2 Å². The number of ether oxygens (including phenoxy) is 1. The van der Waals surface area contributed by atoms with E-state index in [-0.39, 0.29) is 18.6 Å². The van der Waals surface area contributed by atoms with E-state index in [1.54, 1.807) is 37.2 Å². The van der Waals surface area contributed by atoms with Gasteiger partial charge >= 0.3 is 0 Å². The lowest BCUT2D eigenvalue weighted by atomic mass is 9.83. The van der Waals surface area contributed by atoms with Gasteiger partial charge in [0.05, 0.1) is 31.4 Å². The summed E-state index contributed by atoms with van der Waals surface area (Å²) in [6.45, 7) is 6.21. The number of nitrogens with zero attached hydrogens (tertiary/aromatic N) is 3. The van der Waals surface area contributed by atoms with E-state index in [0.29, 0.717) is 25.4 Å².